The van der Waals surface area contributed by atoms with Crippen LogP contribution in [-0.2, 0) is 0 Å². The summed E-state index contributed by atoms with van der Waals surface area (Å²) in [5.41, 5.74) is 2.49. The van der Waals surface area contributed by atoms with Gasteiger partial charge in [0, 0.05) is 12.0 Å². The number of nitriles is 2. The van der Waals surface area contributed by atoms with Gasteiger partial charge in [0.2, 0.25) is 0 Å². The van der Waals surface area contributed by atoms with Gasteiger partial charge in [0.05, 0.1) is 10.4 Å². The van der Waals surface area contributed by atoms with Crippen LogP contribution in [0.25, 0.3) is 5.57 Å². The minimum Gasteiger partial charge on any atom is -0.292 e. The highest BCUT2D eigenvalue weighted by Crippen LogP contribution is 2.36. The maximum atomic E-state index is 11.4. The van der Waals surface area contributed by atoms with Gasteiger partial charge in [-0.1, -0.05) is 0 Å². The van der Waals surface area contributed by atoms with Gasteiger partial charge in [0.1, 0.15) is 23.4 Å². The molecule has 0 saturated heterocycles. The fourth-order valence-corrected chi connectivity index (χ4v) is 2.20. The van der Waals surface area contributed by atoms with Crippen molar-refractivity contribution in [1.82, 2.24) is 4.98 Å². The summed E-state index contributed by atoms with van der Waals surface area (Å²) in [6, 6.07) is 3.58. The Kier molecular flexibility index (Phi) is 1.88. The van der Waals surface area contributed by atoms with Crippen molar-refractivity contribution < 1.29 is 4.79 Å². The Labute approximate surface area is 83.7 Å². The van der Waals surface area contributed by atoms with Crippen LogP contribution in [0.2, 0.25) is 0 Å². The summed E-state index contributed by atoms with van der Waals surface area (Å²) < 4.78 is 0. The Bertz CT molecular complexity index is 511. The summed E-state index contributed by atoms with van der Waals surface area (Å²) in [5, 5.41) is 17.4. The summed E-state index contributed by atoms with van der Waals surface area (Å²) in [7, 11) is 0. The van der Waals surface area contributed by atoms with Crippen molar-refractivity contribution in [2.75, 3.05) is 0 Å². The van der Waals surface area contributed by atoms with E-state index < -0.39 is 0 Å². The molecule has 0 spiro atoms. The van der Waals surface area contributed by atoms with Gasteiger partial charge in [-0.05, 0) is 0 Å². The van der Waals surface area contributed by atoms with Crippen molar-refractivity contribution in [2.45, 2.75) is 6.42 Å². The molecule has 0 fully saturated rings. The fourth-order valence-electron chi connectivity index (χ4n) is 1.35. The number of ketones is 1. The maximum Gasteiger partial charge on any atom is 0.187 e. The molecule has 0 bridgehead atoms. The van der Waals surface area contributed by atoms with E-state index in [1.807, 2.05) is 0 Å². The Morgan fingerprint density at radius 1 is 1.50 bits per heavy atom. The number of aromatic nitrogens is 1. The first kappa shape index (κ1) is 8.61. The van der Waals surface area contributed by atoms with Crippen molar-refractivity contribution in [2.24, 2.45) is 0 Å². The highest BCUT2D eigenvalue weighted by atomic mass is 32.1. The van der Waals surface area contributed by atoms with E-state index in [0.717, 1.165) is 0 Å². The summed E-state index contributed by atoms with van der Waals surface area (Å²) in [4.78, 5) is 15.9. The molecule has 0 atom stereocenters. The molecule has 5 heteroatoms. The van der Waals surface area contributed by atoms with Crippen molar-refractivity contribution in [3.63, 3.8) is 0 Å². The number of Topliss-reactive ketones (excluding diaryl/α,β-unsaturated/α-hetero) is 1. The van der Waals surface area contributed by atoms with Crippen LogP contribution < -0.4 is 0 Å². The lowest BCUT2D eigenvalue weighted by Crippen LogP contribution is -1.90. The van der Waals surface area contributed by atoms with Gasteiger partial charge in [0.25, 0.3) is 0 Å². The van der Waals surface area contributed by atoms with Gasteiger partial charge < -0.3 is 0 Å². The van der Waals surface area contributed by atoms with Crippen molar-refractivity contribution >= 4 is 22.7 Å². The zero-order valence-electron chi connectivity index (χ0n) is 6.94. The number of carbonyl (C=O) groups excluding carboxylic acids is 1. The number of hydrogen-bond acceptors (Lipinski definition) is 5. The molecule has 0 N–H and O–H groups in total. The Morgan fingerprint density at radius 3 is 2.86 bits per heavy atom. The van der Waals surface area contributed by atoms with Gasteiger partial charge in [-0.25, -0.2) is 4.98 Å². The van der Waals surface area contributed by atoms with E-state index in [1.54, 1.807) is 17.6 Å². The molecule has 0 saturated carbocycles. The van der Waals surface area contributed by atoms with E-state index in [2.05, 4.69) is 4.98 Å². The quantitative estimate of drug-likeness (QED) is 0.596. The standard InChI is InChI=1S/C9H3N3OS/c10-2-5(3-11)6-1-7(13)8-9(6)14-4-12-8/h4H,1H2. The molecule has 1 aliphatic rings. The van der Waals surface area contributed by atoms with Crippen molar-refractivity contribution in [3.05, 3.63) is 21.7 Å². The number of fused-ring (bicyclic) bond motifs is 1. The second kappa shape index (κ2) is 3.06. The van der Waals surface area contributed by atoms with E-state index in [1.165, 1.54) is 11.3 Å². The zero-order chi connectivity index (χ0) is 10.1. The van der Waals surface area contributed by atoms with Crippen LogP contribution in [0, 0.1) is 22.7 Å². The van der Waals surface area contributed by atoms with Crippen LogP contribution >= 0.6 is 11.3 Å². The summed E-state index contributed by atoms with van der Waals surface area (Å²) >= 11 is 1.29. The Morgan fingerprint density at radius 2 is 2.21 bits per heavy atom. The SMILES string of the molecule is N#CC(C#N)=C1CC(=O)c2ncsc21. The maximum absolute atomic E-state index is 11.4. The van der Waals surface area contributed by atoms with E-state index in [0.29, 0.717) is 16.1 Å². The molecular weight excluding hydrogens is 198 g/mol. The van der Waals surface area contributed by atoms with Gasteiger partial charge in [-0.15, -0.1) is 11.3 Å². The highest BCUT2D eigenvalue weighted by Gasteiger charge is 2.29. The van der Waals surface area contributed by atoms with E-state index in [4.69, 9.17) is 10.5 Å². The minimum atomic E-state index is -0.112. The molecule has 0 radical (unpaired) electrons. The number of rotatable bonds is 0. The Balaban J connectivity index is 2.68. The first-order valence-electron chi connectivity index (χ1n) is 3.78. The zero-order valence-corrected chi connectivity index (χ0v) is 7.76. The van der Waals surface area contributed by atoms with Gasteiger partial charge >= 0.3 is 0 Å². The normalized spacial score (nSPS) is 13.3. The third-order valence-electron chi connectivity index (χ3n) is 1.97. The largest absolute Gasteiger partial charge is 0.292 e. The average Bonchev–Trinajstić information content (AvgIpc) is 2.74. The number of thiazole rings is 1. The molecule has 66 valence electrons. The molecule has 1 heterocycles. The smallest absolute Gasteiger partial charge is 0.187 e. The molecule has 4 nitrogen and oxygen atoms in total. The van der Waals surface area contributed by atoms with E-state index in [9.17, 15) is 4.79 Å². The van der Waals surface area contributed by atoms with E-state index in [-0.39, 0.29) is 17.8 Å². The summed E-state index contributed by atoms with van der Waals surface area (Å²) in [6.45, 7) is 0. The van der Waals surface area contributed by atoms with Crippen LogP contribution in [0.3, 0.4) is 0 Å². The van der Waals surface area contributed by atoms with Gasteiger partial charge in [-0.2, -0.15) is 10.5 Å². The predicted octanol–water partition coefficient (Wildman–Crippen LogP) is 1.53. The average molecular weight is 201 g/mol. The molecule has 1 aromatic heterocycles. The second-order valence-corrected chi connectivity index (χ2v) is 3.56. The molecular formula is C9H3N3OS. The number of allylic oxidation sites excluding steroid dienone is 2. The monoisotopic (exact) mass is 201 g/mol. The van der Waals surface area contributed by atoms with Crippen molar-refractivity contribution in [1.29, 1.82) is 10.5 Å². The van der Waals surface area contributed by atoms with Gasteiger partial charge in [-0.3, -0.25) is 4.79 Å². The molecule has 1 aliphatic carbocycles. The molecule has 0 amide bonds. The summed E-state index contributed by atoms with van der Waals surface area (Å²) in [6.07, 6.45) is 0.130. The van der Waals surface area contributed by atoms with Crippen LogP contribution in [0.4, 0.5) is 0 Å². The minimum absolute atomic E-state index is 0.0151. The number of hydrogen-bond donors (Lipinski definition) is 0. The first-order chi connectivity index (χ1) is 6.77. The number of carbonyl (C=O) groups is 1. The molecule has 2 rings (SSSR count). The van der Waals surface area contributed by atoms with E-state index >= 15 is 0 Å². The van der Waals surface area contributed by atoms with Crippen molar-refractivity contribution in [3.8, 4) is 12.1 Å². The molecule has 0 unspecified atom stereocenters. The number of nitrogens with zero attached hydrogens (tertiary/aromatic N) is 3. The lowest BCUT2D eigenvalue weighted by Gasteiger charge is -1.91. The third-order valence-corrected chi connectivity index (χ3v) is 2.85. The molecule has 14 heavy (non-hydrogen) atoms. The first-order valence-corrected chi connectivity index (χ1v) is 4.66. The highest BCUT2D eigenvalue weighted by molar-refractivity contribution is 7.11. The second-order valence-electron chi connectivity index (χ2n) is 2.71. The fraction of sp³-hybridized carbons (Fsp3) is 0.111. The topological polar surface area (TPSA) is 77.5 Å². The molecule has 0 aliphatic heterocycles. The van der Waals surface area contributed by atoms with Crippen LogP contribution in [0.15, 0.2) is 11.1 Å². The van der Waals surface area contributed by atoms with Crippen LogP contribution in [0.1, 0.15) is 21.8 Å². The lowest BCUT2D eigenvalue weighted by atomic mass is 10.1. The van der Waals surface area contributed by atoms with Crippen LogP contribution in [0.5, 0.6) is 0 Å². The van der Waals surface area contributed by atoms with Gasteiger partial charge in [0.15, 0.2) is 5.78 Å². The molecule has 1 aromatic rings. The molecule has 0 aromatic carbocycles. The third kappa shape index (κ3) is 1.04. The van der Waals surface area contributed by atoms with Crippen LogP contribution in [-0.4, -0.2) is 10.8 Å². The Hall–Kier alpha value is -1.98. The summed E-state index contributed by atoms with van der Waals surface area (Å²) in [5.74, 6) is -0.112. The predicted molar refractivity (Wildman–Crippen MR) is 49.2 cm³/mol. The lowest BCUT2D eigenvalue weighted by molar-refractivity contribution is 0.1000.